The quantitative estimate of drug-likeness (QED) is 0.834. The van der Waals surface area contributed by atoms with Crippen molar-refractivity contribution < 1.29 is 0 Å². The van der Waals surface area contributed by atoms with Gasteiger partial charge < -0.3 is 5.32 Å². The summed E-state index contributed by atoms with van der Waals surface area (Å²) in [5, 5.41) is 4.93. The van der Waals surface area contributed by atoms with Gasteiger partial charge in [-0.15, -0.1) is 0 Å². The minimum absolute atomic E-state index is 0.311. The standard InChI is InChI=1S/C19H28N2/c1-6-11-20-18(13-19(3,4)5)16-9-10-17-15(12-16)8-7-14(2)21-17/h7-10,12,18,20H,6,11,13H2,1-5H3. The van der Waals surface area contributed by atoms with Crippen molar-refractivity contribution in [1.29, 1.82) is 0 Å². The molecule has 2 aromatic rings. The molecule has 114 valence electrons. The smallest absolute Gasteiger partial charge is 0.0705 e. The molecule has 0 bridgehead atoms. The summed E-state index contributed by atoms with van der Waals surface area (Å²) >= 11 is 0. The molecule has 1 unspecified atom stereocenters. The number of fused-ring (bicyclic) bond motifs is 1. The fraction of sp³-hybridized carbons (Fsp3) is 0.526. The number of hydrogen-bond acceptors (Lipinski definition) is 2. The lowest BCUT2D eigenvalue weighted by atomic mass is 9.85. The summed E-state index contributed by atoms with van der Waals surface area (Å²) in [5.41, 5.74) is 3.84. The molecule has 2 rings (SSSR count). The van der Waals surface area contributed by atoms with Crippen molar-refractivity contribution in [3.63, 3.8) is 0 Å². The maximum atomic E-state index is 4.59. The van der Waals surface area contributed by atoms with Crippen LogP contribution < -0.4 is 5.32 Å². The zero-order chi connectivity index (χ0) is 15.5. The number of hydrogen-bond donors (Lipinski definition) is 1. The monoisotopic (exact) mass is 284 g/mol. The molecule has 0 saturated heterocycles. The second kappa shape index (κ2) is 6.57. The second-order valence-electron chi connectivity index (χ2n) is 7.18. The maximum absolute atomic E-state index is 4.59. The van der Waals surface area contributed by atoms with E-state index in [0.717, 1.165) is 30.6 Å². The van der Waals surface area contributed by atoms with Crippen molar-refractivity contribution in [2.24, 2.45) is 5.41 Å². The Kier molecular flexibility index (Phi) is 5.00. The van der Waals surface area contributed by atoms with Crippen LogP contribution in [-0.4, -0.2) is 11.5 Å². The van der Waals surface area contributed by atoms with Crippen LogP contribution in [0.5, 0.6) is 0 Å². The predicted octanol–water partition coefficient (Wildman–Crippen LogP) is 5.02. The largest absolute Gasteiger partial charge is 0.310 e. The summed E-state index contributed by atoms with van der Waals surface area (Å²) in [6.07, 6.45) is 2.30. The summed E-state index contributed by atoms with van der Waals surface area (Å²) in [6, 6.07) is 11.4. The van der Waals surface area contributed by atoms with Gasteiger partial charge >= 0.3 is 0 Å². The summed E-state index contributed by atoms with van der Waals surface area (Å²) in [7, 11) is 0. The van der Waals surface area contributed by atoms with E-state index in [2.05, 4.69) is 68.3 Å². The molecule has 0 saturated carbocycles. The molecular weight excluding hydrogens is 256 g/mol. The number of nitrogens with one attached hydrogen (secondary N) is 1. The van der Waals surface area contributed by atoms with E-state index in [0.29, 0.717) is 11.5 Å². The van der Waals surface area contributed by atoms with Gasteiger partial charge in [-0.25, -0.2) is 0 Å². The van der Waals surface area contributed by atoms with Gasteiger partial charge in [0.25, 0.3) is 0 Å². The van der Waals surface area contributed by atoms with Crippen LogP contribution in [0, 0.1) is 12.3 Å². The van der Waals surface area contributed by atoms with E-state index in [1.807, 2.05) is 6.92 Å². The van der Waals surface area contributed by atoms with Gasteiger partial charge in [0, 0.05) is 17.1 Å². The van der Waals surface area contributed by atoms with Crippen molar-refractivity contribution in [2.75, 3.05) is 6.54 Å². The van der Waals surface area contributed by atoms with Crippen molar-refractivity contribution >= 4 is 10.9 Å². The summed E-state index contributed by atoms with van der Waals surface area (Å²) < 4.78 is 0. The third kappa shape index (κ3) is 4.53. The average Bonchev–Trinajstić information content (AvgIpc) is 2.41. The van der Waals surface area contributed by atoms with Gasteiger partial charge in [0.2, 0.25) is 0 Å². The molecule has 2 nitrogen and oxygen atoms in total. The SMILES string of the molecule is CCCNC(CC(C)(C)C)c1ccc2nc(C)ccc2c1. The molecule has 1 atom stereocenters. The minimum atomic E-state index is 0.311. The molecule has 1 heterocycles. The lowest BCUT2D eigenvalue weighted by molar-refractivity contribution is 0.312. The van der Waals surface area contributed by atoms with Crippen molar-refractivity contribution in [3.8, 4) is 0 Å². The molecule has 0 aliphatic heterocycles. The van der Waals surface area contributed by atoms with Crippen LogP contribution in [0.15, 0.2) is 30.3 Å². The van der Waals surface area contributed by atoms with E-state index in [1.54, 1.807) is 0 Å². The van der Waals surface area contributed by atoms with Gasteiger partial charge in [-0.1, -0.05) is 39.8 Å². The molecule has 0 fully saturated rings. The second-order valence-corrected chi connectivity index (χ2v) is 7.18. The number of pyridine rings is 1. The number of benzene rings is 1. The predicted molar refractivity (Wildman–Crippen MR) is 91.6 cm³/mol. The lowest BCUT2D eigenvalue weighted by Gasteiger charge is -2.27. The Morgan fingerprint density at radius 2 is 1.90 bits per heavy atom. The first kappa shape index (κ1) is 16.0. The Hall–Kier alpha value is -1.41. The summed E-state index contributed by atoms with van der Waals surface area (Å²) in [6.45, 7) is 12.2. The van der Waals surface area contributed by atoms with Crippen LogP contribution in [0.2, 0.25) is 0 Å². The third-order valence-corrected chi connectivity index (χ3v) is 3.71. The fourth-order valence-electron chi connectivity index (χ4n) is 2.70. The highest BCUT2D eigenvalue weighted by Crippen LogP contribution is 2.30. The molecule has 0 spiro atoms. The molecule has 0 aliphatic carbocycles. The maximum Gasteiger partial charge on any atom is 0.0705 e. The van der Waals surface area contributed by atoms with Gasteiger partial charge in [0.05, 0.1) is 5.52 Å². The number of aryl methyl sites for hydroxylation is 1. The topological polar surface area (TPSA) is 24.9 Å². The Balaban J connectivity index is 2.32. The van der Waals surface area contributed by atoms with E-state index < -0.39 is 0 Å². The van der Waals surface area contributed by atoms with E-state index in [9.17, 15) is 0 Å². The molecule has 2 heteroatoms. The van der Waals surface area contributed by atoms with E-state index in [-0.39, 0.29) is 0 Å². The fourth-order valence-corrected chi connectivity index (χ4v) is 2.70. The van der Waals surface area contributed by atoms with E-state index in [4.69, 9.17) is 0 Å². The average molecular weight is 284 g/mol. The van der Waals surface area contributed by atoms with Gasteiger partial charge in [-0.2, -0.15) is 0 Å². The van der Waals surface area contributed by atoms with Crippen molar-refractivity contribution in [2.45, 2.75) is 53.5 Å². The zero-order valence-electron chi connectivity index (χ0n) is 14.0. The van der Waals surface area contributed by atoms with Gasteiger partial charge in [-0.3, -0.25) is 4.98 Å². The Bertz CT molecular complexity index is 596. The molecule has 0 radical (unpaired) electrons. The molecule has 1 aromatic carbocycles. The third-order valence-electron chi connectivity index (χ3n) is 3.71. The lowest BCUT2D eigenvalue weighted by Crippen LogP contribution is -2.26. The zero-order valence-corrected chi connectivity index (χ0v) is 14.0. The van der Waals surface area contributed by atoms with Crippen LogP contribution in [0.3, 0.4) is 0 Å². The first-order chi connectivity index (χ1) is 9.89. The highest BCUT2D eigenvalue weighted by Gasteiger charge is 2.20. The van der Waals surface area contributed by atoms with Gasteiger partial charge in [-0.05, 0) is 55.5 Å². The number of rotatable bonds is 5. The van der Waals surface area contributed by atoms with Gasteiger partial charge in [0.15, 0.2) is 0 Å². The molecule has 0 amide bonds. The first-order valence-corrected chi connectivity index (χ1v) is 8.00. The highest BCUT2D eigenvalue weighted by molar-refractivity contribution is 5.79. The summed E-state index contributed by atoms with van der Waals surface area (Å²) in [4.78, 5) is 4.59. The number of nitrogens with zero attached hydrogens (tertiary/aromatic N) is 1. The van der Waals surface area contributed by atoms with Crippen molar-refractivity contribution in [3.05, 3.63) is 41.6 Å². The van der Waals surface area contributed by atoms with E-state index >= 15 is 0 Å². The van der Waals surface area contributed by atoms with Crippen LogP contribution in [-0.2, 0) is 0 Å². The van der Waals surface area contributed by atoms with Crippen LogP contribution >= 0.6 is 0 Å². The molecule has 1 N–H and O–H groups in total. The van der Waals surface area contributed by atoms with Crippen LogP contribution in [0.4, 0.5) is 0 Å². The first-order valence-electron chi connectivity index (χ1n) is 8.00. The van der Waals surface area contributed by atoms with E-state index in [1.165, 1.54) is 10.9 Å². The van der Waals surface area contributed by atoms with Gasteiger partial charge in [0.1, 0.15) is 0 Å². The Labute approximate surface area is 129 Å². The minimum Gasteiger partial charge on any atom is -0.310 e. The molecule has 21 heavy (non-hydrogen) atoms. The molecule has 1 aromatic heterocycles. The highest BCUT2D eigenvalue weighted by atomic mass is 14.9. The Morgan fingerprint density at radius 3 is 2.57 bits per heavy atom. The Morgan fingerprint density at radius 1 is 1.14 bits per heavy atom. The normalized spacial score (nSPS) is 13.6. The van der Waals surface area contributed by atoms with Crippen molar-refractivity contribution in [1.82, 2.24) is 10.3 Å². The number of aromatic nitrogens is 1. The van der Waals surface area contributed by atoms with Crippen LogP contribution in [0.25, 0.3) is 10.9 Å². The van der Waals surface area contributed by atoms with Crippen LogP contribution in [0.1, 0.15) is 57.8 Å². The summed E-state index contributed by atoms with van der Waals surface area (Å²) in [5.74, 6) is 0. The molecule has 0 aliphatic rings. The molecular formula is C19H28N2.